The summed E-state index contributed by atoms with van der Waals surface area (Å²) in [5.74, 6) is 0.180. The fourth-order valence-corrected chi connectivity index (χ4v) is 0.983. The molecule has 0 unspecified atom stereocenters. The summed E-state index contributed by atoms with van der Waals surface area (Å²) in [5, 5.41) is 0. The zero-order valence-electron chi connectivity index (χ0n) is 8.92. The van der Waals surface area contributed by atoms with E-state index >= 15 is 0 Å². The fraction of sp³-hybridized carbons (Fsp3) is 0.889. The monoisotopic (exact) mass is 187 g/mol. The van der Waals surface area contributed by atoms with Crippen molar-refractivity contribution in [1.29, 1.82) is 0 Å². The Morgan fingerprint density at radius 3 is 2.31 bits per heavy atom. The van der Waals surface area contributed by atoms with E-state index in [9.17, 15) is 4.79 Å². The van der Waals surface area contributed by atoms with E-state index in [1.807, 2.05) is 7.05 Å². The number of hydrogen-bond acceptors (Lipinski definition) is 3. The predicted molar refractivity (Wildman–Crippen MR) is 54.5 cm³/mol. The van der Waals surface area contributed by atoms with Crippen LogP contribution in [0.25, 0.3) is 0 Å². The van der Waals surface area contributed by atoms with Crippen LogP contribution >= 0.6 is 0 Å². The SMILES string of the molecule is CN(CCCN)CCC(=O)N(C)C. The van der Waals surface area contributed by atoms with Gasteiger partial charge in [0.1, 0.15) is 0 Å². The van der Waals surface area contributed by atoms with Crippen molar-refractivity contribution in [2.75, 3.05) is 40.8 Å². The summed E-state index contributed by atoms with van der Waals surface area (Å²) in [6.45, 7) is 2.50. The summed E-state index contributed by atoms with van der Waals surface area (Å²) in [5.41, 5.74) is 5.38. The molecule has 0 aliphatic heterocycles. The highest BCUT2D eigenvalue weighted by atomic mass is 16.2. The first-order valence-electron chi connectivity index (χ1n) is 4.66. The van der Waals surface area contributed by atoms with Crippen LogP contribution in [0.15, 0.2) is 0 Å². The van der Waals surface area contributed by atoms with E-state index in [2.05, 4.69) is 4.90 Å². The number of rotatable bonds is 6. The third-order valence-electron chi connectivity index (χ3n) is 1.95. The first kappa shape index (κ1) is 12.4. The van der Waals surface area contributed by atoms with Gasteiger partial charge < -0.3 is 15.5 Å². The Kier molecular flexibility index (Phi) is 6.54. The van der Waals surface area contributed by atoms with Gasteiger partial charge in [0.05, 0.1) is 0 Å². The molecule has 0 atom stereocenters. The lowest BCUT2D eigenvalue weighted by Crippen LogP contribution is -2.29. The molecular formula is C9H21N3O. The van der Waals surface area contributed by atoms with Crippen LogP contribution in [0, 0.1) is 0 Å². The van der Waals surface area contributed by atoms with Crippen LogP contribution in [0.4, 0.5) is 0 Å². The van der Waals surface area contributed by atoms with Gasteiger partial charge in [-0.05, 0) is 26.6 Å². The summed E-state index contributed by atoms with van der Waals surface area (Å²) < 4.78 is 0. The first-order chi connectivity index (χ1) is 6.07. The van der Waals surface area contributed by atoms with Crippen LogP contribution in [0.2, 0.25) is 0 Å². The molecule has 4 nitrogen and oxygen atoms in total. The quantitative estimate of drug-likeness (QED) is 0.623. The second-order valence-electron chi connectivity index (χ2n) is 3.48. The highest BCUT2D eigenvalue weighted by molar-refractivity contribution is 5.75. The van der Waals surface area contributed by atoms with E-state index < -0.39 is 0 Å². The molecule has 78 valence electrons. The van der Waals surface area contributed by atoms with E-state index in [0.717, 1.165) is 19.5 Å². The molecular weight excluding hydrogens is 166 g/mol. The van der Waals surface area contributed by atoms with E-state index in [-0.39, 0.29) is 5.91 Å². The van der Waals surface area contributed by atoms with E-state index in [1.165, 1.54) is 0 Å². The average molecular weight is 187 g/mol. The van der Waals surface area contributed by atoms with Gasteiger partial charge >= 0.3 is 0 Å². The van der Waals surface area contributed by atoms with Gasteiger partial charge in [-0.3, -0.25) is 4.79 Å². The number of amides is 1. The predicted octanol–water partition coefficient (Wildman–Crippen LogP) is -0.255. The van der Waals surface area contributed by atoms with Crippen LogP contribution in [-0.4, -0.2) is 56.5 Å². The third-order valence-corrected chi connectivity index (χ3v) is 1.95. The molecule has 2 N–H and O–H groups in total. The van der Waals surface area contributed by atoms with Gasteiger partial charge in [-0.1, -0.05) is 0 Å². The van der Waals surface area contributed by atoms with Gasteiger partial charge in [0.2, 0.25) is 5.91 Å². The molecule has 0 fully saturated rings. The van der Waals surface area contributed by atoms with E-state index in [1.54, 1.807) is 19.0 Å². The van der Waals surface area contributed by atoms with Gasteiger partial charge in [0, 0.05) is 27.1 Å². The summed E-state index contributed by atoms with van der Waals surface area (Å²) in [6.07, 6.45) is 1.58. The zero-order valence-corrected chi connectivity index (χ0v) is 8.92. The molecule has 0 aromatic heterocycles. The smallest absolute Gasteiger partial charge is 0.223 e. The summed E-state index contributed by atoms with van der Waals surface area (Å²) in [7, 11) is 5.57. The second kappa shape index (κ2) is 6.86. The third kappa shape index (κ3) is 6.54. The normalized spacial score (nSPS) is 10.5. The molecule has 0 saturated carbocycles. The molecule has 0 bridgehead atoms. The molecule has 13 heavy (non-hydrogen) atoms. The van der Waals surface area contributed by atoms with Crippen molar-refractivity contribution in [2.45, 2.75) is 12.8 Å². The molecule has 0 rings (SSSR count). The van der Waals surface area contributed by atoms with Crippen molar-refractivity contribution in [1.82, 2.24) is 9.80 Å². The van der Waals surface area contributed by atoms with Gasteiger partial charge in [0.25, 0.3) is 0 Å². The Hall–Kier alpha value is -0.610. The van der Waals surface area contributed by atoms with Gasteiger partial charge in [-0.25, -0.2) is 0 Å². The molecule has 0 aliphatic rings. The van der Waals surface area contributed by atoms with Gasteiger partial charge in [-0.2, -0.15) is 0 Å². The van der Waals surface area contributed by atoms with Crippen LogP contribution in [0.1, 0.15) is 12.8 Å². The maximum absolute atomic E-state index is 11.2. The Bertz CT molecular complexity index is 148. The number of nitrogens with zero attached hydrogens (tertiary/aromatic N) is 2. The average Bonchev–Trinajstić information content (AvgIpc) is 2.10. The van der Waals surface area contributed by atoms with Crippen molar-refractivity contribution in [3.63, 3.8) is 0 Å². The molecule has 0 aromatic carbocycles. The molecule has 0 spiro atoms. The van der Waals surface area contributed by atoms with Crippen LogP contribution in [-0.2, 0) is 4.79 Å². The van der Waals surface area contributed by atoms with Crippen molar-refractivity contribution in [3.05, 3.63) is 0 Å². The zero-order chi connectivity index (χ0) is 10.3. The fourth-order valence-electron chi connectivity index (χ4n) is 0.983. The highest BCUT2D eigenvalue weighted by Gasteiger charge is 2.05. The van der Waals surface area contributed by atoms with Gasteiger partial charge in [-0.15, -0.1) is 0 Å². The molecule has 0 aliphatic carbocycles. The van der Waals surface area contributed by atoms with Crippen molar-refractivity contribution in [3.8, 4) is 0 Å². The lowest BCUT2D eigenvalue weighted by atomic mass is 10.3. The molecule has 0 radical (unpaired) electrons. The van der Waals surface area contributed by atoms with Crippen LogP contribution in [0.3, 0.4) is 0 Å². The Labute approximate surface area is 80.7 Å². The minimum absolute atomic E-state index is 0.180. The van der Waals surface area contributed by atoms with E-state index in [4.69, 9.17) is 5.73 Å². The molecule has 0 heterocycles. The van der Waals surface area contributed by atoms with Crippen molar-refractivity contribution < 1.29 is 4.79 Å². The molecule has 0 aromatic rings. The van der Waals surface area contributed by atoms with Gasteiger partial charge in [0.15, 0.2) is 0 Å². The van der Waals surface area contributed by atoms with Crippen LogP contribution < -0.4 is 5.73 Å². The Morgan fingerprint density at radius 2 is 1.85 bits per heavy atom. The lowest BCUT2D eigenvalue weighted by molar-refractivity contribution is -0.128. The maximum Gasteiger partial charge on any atom is 0.223 e. The number of carbonyl (C=O) groups excluding carboxylic acids is 1. The molecule has 1 amide bonds. The summed E-state index contributed by atoms with van der Waals surface area (Å²) in [4.78, 5) is 15.0. The topological polar surface area (TPSA) is 49.6 Å². The maximum atomic E-state index is 11.2. The van der Waals surface area contributed by atoms with Crippen molar-refractivity contribution in [2.24, 2.45) is 5.73 Å². The summed E-state index contributed by atoms with van der Waals surface area (Å²) in [6, 6.07) is 0. The Morgan fingerprint density at radius 1 is 1.23 bits per heavy atom. The number of carbonyl (C=O) groups is 1. The largest absolute Gasteiger partial charge is 0.349 e. The molecule has 0 saturated heterocycles. The van der Waals surface area contributed by atoms with Crippen molar-refractivity contribution >= 4 is 5.91 Å². The standard InChI is InChI=1S/C9H21N3O/c1-11(2)9(13)5-8-12(3)7-4-6-10/h4-8,10H2,1-3H3. The Balaban J connectivity index is 3.46. The highest BCUT2D eigenvalue weighted by Crippen LogP contribution is 1.92. The summed E-state index contributed by atoms with van der Waals surface area (Å²) >= 11 is 0. The number of hydrogen-bond donors (Lipinski definition) is 1. The van der Waals surface area contributed by atoms with E-state index in [0.29, 0.717) is 13.0 Å². The van der Waals surface area contributed by atoms with Crippen LogP contribution in [0.5, 0.6) is 0 Å². The molecule has 4 heteroatoms. The number of nitrogens with two attached hydrogens (primary N) is 1. The minimum Gasteiger partial charge on any atom is -0.349 e. The minimum atomic E-state index is 0.180. The second-order valence-corrected chi connectivity index (χ2v) is 3.48. The first-order valence-corrected chi connectivity index (χ1v) is 4.66. The lowest BCUT2D eigenvalue weighted by Gasteiger charge is -2.17.